The molecule has 0 bridgehead atoms. The third-order valence-electron chi connectivity index (χ3n) is 4.53. The van der Waals surface area contributed by atoms with Gasteiger partial charge in [-0.15, -0.1) is 0 Å². The van der Waals surface area contributed by atoms with E-state index >= 15 is 0 Å². The summed E-state index contributed by atoms with van der Waals surface area (Å²) < 4.78 is 6.98. The molecule has 2 amide bonds. The van der Waals surface area contributed by atoms with Gasteiger partial charge in [0, 0.05) is 36.8 Å². The molecule has 1 aliphatic rings. The van der Waals surface area contributed by atoms with Gasteiger partial charge in [-0.1, -0.05) is 18.2 Å². The van der Waals surface area contributed by atoms with Crippen LogP contribution in [0.25, 0.3) is 0 Å². The topological polar surface area (TPSA) is 80.4 Å². The summed E-state index contributed by atoms with van der Waals surface area (Å²) in [6.45, 7) is 0.964. The van der Waals surface area contributed by atoms with Crippen LogP contribution in [0.3, 0.4) is 0 Å². The van der Waals surface area contributed by atoms with Gasteiger partial charge in [-0.2, -0.15) is 5.10 Å². The molecular weight excluding hydrogens is 332 g/mol. The summed E-state index contributed by atoms with van der Waals surface area (Å²) in [6, 6.07) is 12.3. The van der Waals surface area contributed by atoms with Crippen LogP contribution in [0.5, 0.6) is 0 Å². The highest BCUT2D eigenvalue weighted by Crippen LogP contribution is 2.27. The number of nitrogens with zero attached hydrogens (tertiary/aromatic N) is 3. The van der Waals surface area contributed by atoms with Crippen molar-refractivity contribution in [1.82, 2.24) is 14.7 Å². The van der Waals surface area contributed by atoms with Gasteiger partial charge in [-0.25, -0.2) is 0 Å². The van der Waals surface area contributed by atoms with E-state index in [9.17, 15) is 9.59 Å². The largest absolute Gasteiger partial charge is 0.459 e. The Morgan fingerprint density at radius 3 is 2.69 bits per heavy atom. The average molecular weight is 350 g/mol. The standard InChI is InChI=1S/C19H18N4O3/c1-22-15-9-10-23(19(25)16-8-5-11-26-16)12-14(15)17(21-22)20-18(24)13-6-3-2-4-7-13/h2-8,11H,9-10,12H2,1H3,(H,20,21,24). The lowest BCUT2D eigenvalue weighted by atomic mass is 10.1. The fourth-order valence-corrected chi connectivity index (χ4v) is 3.19. The SMILES string of the molecule is Cn1nc(NC(=O)c2ccccc2)c2c1CCN(C(=O)c1ccco1)C2. The molecule has 0 saturated carbocycles. The fourth-order valence-electron chi connectivity index (χ4n) is 3.19. The zero-order valence-electron chi connectivity index (χ0n) is 14.3. The first-order valence-electron chi connectivity index (χ1n) is 8.37. The Kier molecular flexibility index (Phi) is 4.04. The summed E-state index contributed by atoms with van der Waals surface area (Å²) in [6.07, 6.45) is 2.16. The van der Waals surface area contributed by atoms with Crippen LogP contribution in [-0.2, 0) is 20.0 Å². The molecule has 4 rings (SSSR count). The Labute approximate surface area is 150 Å². The van der Waals surface area contributed by atoms with Crippen LogP contribution in [-0.4, -0.2) is 33.0 Å². The summed E-state index contributed by atoms with van der Waals surface area (Å²) in [5.41, 5.74) is 2.45. The van der Waals surface area contributed by atoms with E-state index in [-0.39, 0.29) is 11.8 Å². The van der Waals surface area contributed by atoms with Crippen molar-refractivity contribution in [2.45, 2.75) is 13.0 Å². The van der Waals surface area contributed by atoms with Crippen molar-refractivity contribution in [2.24, 2.45) is 7.05 Å². The van der Waals surface area contributed by atoms with Crippen LogP contribution in [0.15, 0.2) is 53.1 Å². The quantitative estimate of drug-likeness (QED) is 0.787. The van der Waals surface area contributed by atoms with Crippen molar-refractivity contribution in [3.05, 3.63) is 71.3 Å². The van der Waals surface area contributed by atoms with Gasteiger partial charge in [0.1, 0.15) is 0 Å². The number of amides is 2. The molecule has 0 fully saturated rings. The van der Waals surface area contributed by atoms with Crippen LogP contribution in [0.1, 0.15) is 32.2 Å². The highest BCUT2D eigenvalue weighted by molar-refractivity contribution is 6.04. The number of carbonyl (C=O) groups is 2. The van der Waals surface area contributed by atoms with Gasteiger partial charge in [-0.05, 0) is 24.3 Å². The van der Waals surface area contributed by atoms with Crippen LogP contribution in [0.4, 0.5) is 5.82 Å². The number of aryl methyl sites for hydroxylation is 1. The van der Waals surface area contributed by atoms with Crippen molar-refractivity contribution < 1.29 is 14.0 Å². The normalized spacial score (nSPS) is 13.3. The maximum Gasteiger partial charge on any atom is 0.289 e. The Balaban J connectivity index is 1.58. The smallest absolute Gasteiger partial charge is 0.289 e. The monoisotopic (exact) mass is 350 g/mol. The molecule has 3 heterocycles. The molecule has 132 valence electrons. The minimum absolute atomic E-state index is 0.162. The molecule has 0 saturated heterocycles. The number of rotatable bonds is 3. The number of hydrogen-bond donors (Lipinski definition) is 1. The van der Waals surface area contributed by atoms with E-state index in [1.807, 2.05) is 25.2 Å². The number of benzene rings is 1. The molecule has 0 unspecified atom stereocenters. The van der Waals surface area contributed by atoms with Crippen LogP contribution < -0.4 is 5.32 Å². The molecule has 0 radical (unpaired) electrons. The molecule has 1 aromatic carbocycles. The Morgan fingerprint density at radius 1 is 1.15 bits per heavy atom. The Hall–Kier alpha value is -3.35. The van der Waals surface area contributed by atoms with Crippen LogP contribution >= 0.6 is 0 Å². The number of fused-ring (bicyclic) bond motifs is 1. The van der Waals surface area contributed by atoms with Crippen molar-refractivity contribution in [3.63, 3.8) is 0 Å². The van der Waals surface area contributed by atoms with Crippen molar-refractivity contribution in [1.29, 1.82) is 0 Å². The predicted octanol–water partition coefficient (Wildman–Crippen LogP) is 2.46. The average Bonchev–Trinajstić information content (AvgIpc) is 3.31. The number of furan rings is 1. The van der Waals surface area contributed by atoms with E-state index < -0.39 is 0 Å². The van der Waals surface area contributed by atoms with Gasteiger partial charge in [0.05, 0.1) is 12.8 Å². The van der Waals surface area contributed by atoms with Gasteiger partial charge in [0.2, 0.25) is 0 Å². The summed E-state index contributed by atoms with van der Waals surface area (Å²) in [7, 11) is 1.85. The molecule has 1 N–H and O–H groups in total. The first kappa shape index (κ1) is 16.1. The third kappa shape index (κ3) is 2.88. The van der Waals surface area contributed by atoms with Gasteiger partial charge >= 0.3 is 0 Å². The molecule has 7 heteroatoms. The van der Waals surface area contributed by atoms with Gasteiger partial charge in [0.15, 0.2) is 11.6 Å². The summed E-state index contributed by atoms with van der Waals surface area (Å²) in [5, 5.41) is 7.31. The van der Waals surface area contributed by atoms with Crippen molar-refractivity contribution in [2.75, 3.05) is 11.9 Å². The molecule has 1 aliphatic heterocycles. The minimum atomic E-state index is -0.221. The lowest BCUT2D eigenvalue weighted by molar-refractivity contribution is 0.0701. The highest BCUT2D eigenvalue weighted by Gasteiger charge is 2.29. The fraction of sp³-hybridized carbons (Fsp3) is 0.211. The second-order valence-corrected chi connectivity index (χ2v) is 6.17. The molecule has 0 aliphatic carbocycles. The van der Waals surface area contributed by atoms with Crippen molar-refractivity contribution in [3.8, 4) is 0 Å². The minimum Gasteiger partial charge on any atom is -0.459 e. The van der Waals surface area contributed by atoms with Gasteiger partial charge in [0.25, 0.3) is 11.8 Å². The highest BCUT2D eigenvalue weighted by atomic mass is 16.3. The number of aromatic nitrogens is 2. The first-order valence-corrected chi connectivity index (χ1v) is 8.37. The van der Waals surface area contributed by atoms with Crippen LogP contribution in [0, 0.1) is 0 Å². The zero-order valence-corrected chi connectivity index (χ0v) is 14.3. The Morgan fingerprint density at radius 2 is 1.96 bits per heavy atom. The van der Waals surface area contributed by atoms with E-state index in [4.69, 9.17) is 4.42 Å². The number of hydrogen-bond acceptors (Lipinski definition) is 4. The number of carbonyl (C=O) groups excluding carboxylic acids is 2. The molecule has 3 aromatic rings. The van der Waals surface area contributed by atoms with E-state index in [0.717, 1.165) is 11.3 Å². The summed E-state index contributed by atoms with van der Waals surface area (Å²) in [4.78, 5) is 26.7. The summed E-state index contributed by atoms with van der Waals surface area (Å²) in [5.74, 6) is 0.423. The maximum absolute atomic E-state index is 12.6. The van der Waals surface area contributed by atoms with E-state index in [0.29, 0.717) is 36.7 Å². The maximum atomic E-state index is 12.6. The third-order valence-corrected chi connectivity index (χ3v) is 4.53. The molecule has 7 nitrogen and oxygen atoms in total. The lowest BCUT2D eigenvalue weighted by Crippen LogP contribution is -2.36. The molecular formula is C19H18N4O3. The van der Waals surface area contributed by atoms with Gasteiger partial charge in [-0.3, -0.25) is 14.3 Å². The molecule has 26 heavy (non-hydrogen) atoms. The van der Waals surface area contributed by atoms with E-state index in [2.05, 4.69) is 10.4 Å². The van der Waals surface area contributed by atoms with Crippen molar-refractivity contribution >= 4 is 17.6 Å². The zero-order chi connectivity index (χ0) is 18.1. The first-order chi connectivity index (χ1) is 12.6. The van der Waals surface area contributed by atoms with Crippen LogP contribution in [0.2, 0.25) is 0 Å². The molecule has 0 atom stereocenters. The Bertz CT molecular complexity index is 945. The number of anilines is 1. The van der Waals surface area contributed by atoms with E-state index in [1.165, 1.54) is 6.26 Å². The van der Waals surface area contributed by atoms with Gasteiger partial charge < -0.3 is 14.6 Å². The number of nitrogens with one attached hydrogen (secondary N) is 1. The lowest BCUT2D eigenvalue weighted by Gasteiger charge is -2.26. The predicted molar refractivity (Wildman–Crippen MR) is 94.8 cm³/mol. The summed E-state index contributed by atoms with van der Waals surface area (Å²) >= 11 is 0. The van der Waals surface area contributed by atoms with E-state index in [1.54, 1.807) is 33.8 Å². The second kappa shape index (κ2) is 6.51. The molecule has 0 spiro atoms. The molecule has 2 aromatic heterocycles. The second-order valence-electron chi connectivity index (χ2n) is 6.17.